The van der Waals surface area contributed by atoms with Gasteiger partial charge in [0.05, 0.1) is 24.9 Å². The molecule has 1 heterocycles. The number of H-pyrrole nitrogens is 1. The van der Waals surface area contributed by atoms with Crippen molar-refractivity contribution in [2.24, 2.45) is 5.73 Å². The van der Waals surface area contributed by atoms with E-state index in [-0.39, 0.29) is 0 Å². The predicted octanol–water partition coefficient (Wildman–Crippen LogP) is 0.00710. The summed E-state index contributed by atoms with van der Waals surface area (Å²) in [6.45, 7) is 1.69. The highest BCUT2D eigenvalue weighted by Gasteiger charge is 2.17. The Bertz CT molecular complexity index is 282. The number of nitrogens with one attached hydrogen (secondary N) is 1. The molecule has 66 valence electrons. The topological polar surface area (TPSA) is 81.0 Å². The molecule has 3 N–H and O–H groups in total. The second-order valence-electron chi connectivity index (χ2n) is 2.48. The van der Waals surface area contributed by atoms with Crippen LogP contribution in [0.15, 0.2) is 6.20 Å². The number of nitrogens with zero attached hydrogens (tertiary/aromatic N) is 1. The Hall–Kier alpha value is -1.52. The molecule has 0 radical (unpaired) electrons. The number of hydrogen-bond acceptors (Lipinski definition) is 3. The van der Waals surface area contributed by atoms with Gasteiger partial charge in [-0.15, -0.1) is 0 Å². The second kappa shape index (κ2) is 3.25. The van der Waals surface area contributed by atoms with Gasteiger partial charge in [0.1, 0.15) is 0 Å². The normalized spacial score (nSPS) is 12.5. The fraction of sp³-hybridized carbons (Fsp3) is 0.429. The average molecular weight is 169 g/mol. The summed E-state index contributed by atoms with van der Waals surface area (Å²) in [5.74, 6) is -0.249. The largest absolute Gasteiger partial charge is 0.493 e. The summed E-state index contributed by atoms with van der Waals surface area (Å²) in [5.41, 5.74) is 5.72. The maximum atomic E-state index is 10.8. The van der Waals surface area contributed by atoms with Gasteiger partial charge in [-0.05, 0) is 6.92 Å². The van der Waals surface area contributed by atoms with Gasteiger partial charge in [-0.1, -0.05) is 0 Å². The minimum absolute atomic E-state index is 0.401. The Balaban J connectivity index is 2.93. The van der Waals surface area contributed by atoms with E-state index in [1.165, 1.54) is 13.3 Å². The number of carbonyl (C=O) groups excluding carboxylic acids is 1. The number of aromatic amines is 1. The number of ether oxygens (including phenoxy) is 1. The molecule has 0 aromatic carbocycles. The lowest BCUT2D eigenvalue weighted by atomic mass is 10.1. The van der Waals surface area contributed by atoms with E-state index < -0.39 is 11.8 Å². The van der Waals surface area contributed by atoms with Crippen LogP contribution < -0.4 is 10.5 Å². The predicted molar refractivity (Wildman–Crippen MR) is 42.7 cm³/mol. The van der Waals surface area contributed by atoms with E-state index in [1.807, 2.05) is 0 Å². The molecular formula is C7H11N3O2. The van der Waals surface area contributed by atoms with Crippen LogP contribution in [0.2, 0.25) is 0 Å². The minimum Gasteiger partial charge on any atom is -0.493 e. The van der Waals surface area contributed by atoms with Gasteiger partial charge in [-0.2, -0.15) is 5.10 Å². The van der Waals surface area contributed by atoms with Crippen LogP contribution in [-0.2, 0) is 4.79 Å². The van der Waals surface area contributed by atoms with Gasteiger partial charge in [-0.25, -0.2) is 0 Å². The first-order valence-electron chi connectivity index (χ1n) is 3.53. The molecule has 0 spiro atoms. The maximum Gasteiger partial charge on any atom is 0.226 e. The number of primary amides is 1. The Labute approximate surface area is 69.9 Å². The number of methoxy groups -OCH3 is 1. The van der Waals surface area contributed by atoms with Crippen LogP contribution in [0.3, 0.4) is 0 Å². The van der Waals surface area contributed by atoms with Crippen molar-refractivity contribution in [3.63, 3.8) is 0 Å². The first-order valence-corrected chi connectivity index (χ1v) is 3.53. The van der Waals surface area contributed by atoms with E-state index in [4.69, 9.17) is 10.5 Å². The van der Waals surface area contributed by atoms with Gasteiger partial charge in [0.15, 0.2) is 5.75 Å². The Morgan fingerprint density at radius 1 is 1.83 bits per heavy atom. The van der Waals surface area contributed by atoms with Gasteiger partial charge < -0.3 is 10.5 Å². The van der Waals surface area contributed by atoms with E-state index in [9.17, 15) is 4.79 Å². The fourth-order valence-corrected chi connectivity index (χ4v) is 0.900. The van der Waals surface area contributed by atoms with Crippen LogP contribution in [0.5, 0.6) is 5.75 Å². The number of hydrogen-bond donors (Lipinski definition) is 2. The van der Waals surface area contributed by atoms with Gasteiger partial charge in [-0.3, -0.25) is 9.89 Å². The van der Waals surface area contributed by atoms with Crippen molar-refractivity contribution in [1.82, 2.24) is 10.2 Å². The zero-order valence-electron chi connectivity index (χ0n) is 7.00. The molecule has 5 heteroatoms. The number of aromatic nitrogens is 2. The highest BCUT2D eigenvalue weighted by Crippen LogP contribution is 2.22. The molecule has 0 aliphatic rings. The highest BCUT2D eigenvalue weighted by molar-refractivity contribution is 5.81. The summed E-state index contributed by atoms with van der Waals surface area (Å²) in [6, 6.07) is 0. The molecule has 0 aliphatic carbocycles. The lowest BCUT2D eigenvalue weighted by Gasteiger charge is -2.05. The molecule has 1 aromatic rings. The molecule has 1 unspecified atom stereocenters. The van der Waals surface area contributed by atoms with Crippen LogP contribution >= 0.6 is 0 Å². The fourth-order valence-electron chi connectivity index (χ4n) is 0.900. The molecule has 1 aromatic heterocycles. The summed E-state index contributed by atoms with van der Waals surface area (Å²) in [6.07, 6.45) is 1.51. The van der Waals surface area contributed by atoms with Crippen LogP contribution in [0.4, 0.5) is 0 Å². The molecule has 0 aliphatic heterocycles. The molecule has 0 fully saturated rings. The van der Waals surface area contributed by atoms with Gasteiger partial charge in [0.25, 0.3) is 0 Å². The van der Waals surface area contributed by atoms with Crippen molar-refractivity contribution in [3.05, 3.63) is 11.9 Å². The highest BCUT2D eigenvalue weighted by atomic mass is 16.5. The van der Waals surface area contributed by atoms with Gasteiger partial charge in [0, 0.05) is 0 Å². The van der Waals surface area contributed by atoms with Crippen LogP contribution in [0.1, 0.15) is 18.5 Å². The first kappa shape index (κ1) is 8.58. The quantitative estimate of drug-likeness (QED) is 0.668. The minimum atomic E-state index is -0.405. The third-order valence-electron chi connectivity index (χ3n) is 1.71. The third-order valence-corrected chi connectivity index (χ3v) is 1.71. The summed E-state index contributed by atoms with van der Waals surface area (Å²) in [7, 11) is 1.52. The summed E-state index contributed by atoms with van der Waals surface area (Å²) >= 11 is 0. The van der Waals surface area contributed by atoms with Crippen molar-refractivity contribution in [3.8, 4) is 5.75 Å². The van der Waals surface area contributed by atoms with Crippen molar-refractivity contribution in [2.45, 2.75) is 12.8 Å². The van der Waals surface area contributed by atoms with E-state index in [0.717, 1.165) is 0 Å². The zero-order chi connectivity index (χ0) is 9.14. The Kier molecular flexibility index (Phi) is 2.32. The van der Waals surface area contributed by atoms with Gasteiger partial charge >= 0.3 is 0 Å². The van der Waals surface area contributed by atoms with Crippen molar-refractivity contribution < 1.29 is 9.53 Å². The molecule has 12 heavy (non-hydrogen) atoms. The van der Waals surface area contributed by atoms with E-state index in [1.54, 1.807) is 6.92 Å². The standard InChI is InChI=1S/C7H11N3O2/c1-4(7(8)11)6-5(12-2)3-9-10-6/h3-4H,1-2H3,(H2,8,11)(H,9,10). The van der Waals surface area contributed by atoms with Crippen LogP contribution in [-0.4, -0.2) is 23.2 Å². The monoisotopic (exact) mass is 169 g/mol. The number of carbonyl (C=O) groups is 1. The lowest BCUT2D eigenvalue weighted by Crippen LogP contribution is -2.19. The molecule has 0 saturated carbocycles. The first-order chi connectivity index (χ1) is 5.66. The van der Waals surface area contributed by atoms with E-state index >= 15 is 0 Å². The lowest BCUT2D eigenvalue weighted by molar-refractivity contribution is -0.119. The smallest absolute Gasteiger partial charge is 0.226 e. The maximum absolute atomic E-state index is 10.8. The molecule has 1 amide bonds. The van der Waals surface area contributed by atoms with Crippen molar-refractivity contribution in [2.75, 3.05) is 7.11 Å². The summed E-state index contributed by atoms with van der Waals surface area (Å²) in [5, 5.41) is 6.40. The third kappa shape index (κ3) is 1.39. The van der Waals surface area contributed by atoms with Crippen LogP contribution in [0, 0.1) is 0 Å². The van der Waals surface area contributed by atoms with Crippen LogP contribution in [0.25, 0.3) is 0 Å². The molecule has 0 bridgehead atoms. The SMILES string of the molecule is COc1cn[nH]c1C(C)C(N)=O. The molecule has 1 atom stereocenters. The molecular weight excluding hydrogens is 158 g/mol. The van der Waals surface area contributed by atoms with Gasteiger partial charge in [0.2, 0.25) is 5.91 Å². The molecule has 5 nitrogen and oxygen atoms in total. The average Bonchev–Trinajstić information content (AvgIpc) is 2.49. The van der Waals surface area contributed by atoms with Crippen molar-refractivity contribution >= 4 is 5.91 Å². The molecule has 0 saturated heterocycles. The summed E-state index contributed by atoms with van der Waals surface area (Å²) in [4.78, 5) is 10.8. The number of rotatable bonds is 3. The Morgan fingerprint density at radius 2 is 2.50 bits per heavy atom. The number of amides is 1. The number of nitrogens with two attached hydrogens (primary N) is 1. The second-order valence-corrected chi connectivity index (χ2v) is 2.48. The summed E-state index contributed by atoms with van der Waals surface area (Å²) < 4.78 is 4.96. The van der Waals surface area contributed by atoms with E-state index in [0.29, 0.717) is 11.4 Å². The van der Waals surface area contributed by atoms with E-state index in [2.05, 4.69) is 10.2 Å². The Morgan fingerprint density at radius 3 is 3.00 bits per heavy atom. The zero-order valence-corrected chi connectivity index (χ0v) is 7.00. The molecule has 1 rings (SSSR count). The van der Waals surface area contributed by atoms with Crippen molar-refractivity contribution in [1.29, 1.82) is 0 Å².